The standard InChI is InChI=1S/C20H18F4N4O2/c1-10(11-2-5-17(25-8-11)30-9-20(22,23)24)26-19(29)14-7-13(14)18-27-15-4-3-12(21)6-16(15)28-18/h2-6,8,10,13-14H,7,9H2,1H3,(H,26,29)(H,27,28)/t10-,13+,14+/m1/s1. The second kappa shape index (κ2) is 7.58. The monoisotopic (exact) mass is 422 g/mol. The van der Waals surface area contributed by atoms with Crippen LogP contribution in [0.2, 0.25) is 0 Å². The molecule has 10 heteroatoms. The van der Waals surface area contributed by atoms with Gasteiger partial charge in [-0.3, -0.25) is 4.79 Å². The summed E-state index contributed by atoms with van der Waals surface area (Å²) in [4.78, 5) is 23.9. The van der Waals surface area contributed by atoms with Gasteiger partial charge in [0.05, 0.1) is 17.1 Å². The molecule has 6 nitrogen and oxygen atoms in total. The van der Waals surface area contributed by atoms with Gasteiger partial charge in [-0.2, -0.15) is 13.2 Å². The van der Waals surface area contributed by atoms with Crippen molar-refractivity contribution in [3.05, 3.63) is 53.7 Å². The fourth-order valence-electron chi connectivity index (χ4n) is 3.25. The topological polar surface area (TPSA) is 79.9 Å². The fourth-order valence-corrected chi connectivity index (χ4v) is 3.25. The van der Waals surface area contributed by atoms with E-state index in [-0.39, 0.29) is 35.5 Å². The number of ether oxygens (including phenoxy) is 1. The number of aromatic nitrogens is 3. The smallest absolute Gasteiger partial charge is 0.422 e. The summed E-state index contributed by atoms with van der Waals surface area (Å²) in [6.07, 6.45) is -2.44. The fraction of sp³-hybridized carbons (Fsp3) is 0.350. The molecule has 2 heterocycles. The molecular weight excluding hydrogens is 404 g/mol. The number of hydrogen-bond donors (Lipinski definition) is 2. The van der Waals surface area contributed by atoms with E-state index in [9.17, 15) is 22.4 Å². The summed E-state index contributed by atoms with van der Waals surface area (Å²) in [5.74, 6) is -0.335. The van der Waals surface area contributed by atoms with Crippen LogP contribution in [0.15, 0.2) is 36.5 Å². The van der Waals surface area contributed by atoms with E-state index in [4.69, 9.17) is 0 Å². The summed E-state index contributed by atoms with van der Waals surface area (Å²) < 4.78 is 54.4. The minimum atomic E-state index is -4.43. The molecular formula is C20H18F4N4O2. The van der Waals surface area contributed by atoms with Crippen LogP contribution in [0, 0.1) is 11.7 Å². The number of carbonyl (C=O) groups excluding carboxylic acids is 1. The summed E-state index contributed by atoms with van der Waals surface area (Å²) in [5, 5.41) is 2.88. The van der Waals surface area contributed by atoms with Gasteiger partial charge in [0.25, 0.3) is 0 Å². The van der Waals surface area contributed by atoms with Gasteiger partial charge in [0.1, 0.15) is 11.6 Å². The number of rotatable bonds is 6. The summed E-state index contributed by atoms with van der Waals surface area (Å²) in [5.41, 5.74) is 1.87. The molecule has 0 bridgehead atoms. The molecule has 2 aromatic heterocycles. The van der Waals surface area contributed by atoms with Crippen molar-refractivity contribution in [1.29, 1.82) is 0 Å². The van der Waals surface area contributed by atoms with E-state index in [1.807, 2.05) is 0 Å². The van der Waals surface area contributed by atoms with Gasteiger partial charge in [0.15, 0.2) is 6.61 Å². The van der Waals surface area contributed by atoms with Crippen LogP contribution in [0.4, 0.5) is 17.6 Å². The van der Waals surface area contributed by atoms with Gasteiger partial charge in [-0.25, -0.2) is 14.4 Å². The predicted octanol–water partition coefficient (Wildman–Crippen LogP) is 4.02. The lowest BCUT2D eigenvalue weighted by atomic mass is 10.1. The highest BCUT2D eigenvalue weighted by molar-refractivity contribution is 5.83. The Morgan fingerprint density at radius 1 is 1.33 bits per heavy atom. The molecule has 2 N–H and O–H groups in total. The number of carbonyl (C=O) groups is 1. The van der Waals surface area contributed by atoms with E-state index in [2.05, 4.69) is 25.0 Å². The lowest BCUT2D eigenvalue weighted by molar-refractivity contribution is -0.154. The van der Waals surface area contributed by atoms with Gasteiger partial charge in [0, 0.05) is 30.2 Å². The molecule has 1 aliphatic rings. The molecule has 3 aromatic rings. The first-order valence-electron chi connectivity index (χ1n) is 9.30. The molecule has 0 aliphatic heterocycles. The number of benzene rings is 1. The van der Waals surface area contributed by atoms with Crippen LogP contribution in [-0.2, 0) is 4.79 Å². The molecule has 1 aromatic carbocycles. The van der Waals surface area contributed by atoms with Crippen LogP contribution in [0.1, 0.15) is 36.7 Å². The van der Waals surface area contributed by atoms with Crippen molar-refractivity contribution in [1.82, 2.24) is 20.3 Å². The number of alkyl halides is 3. The van der Waals surface area contributed by atoms with Crippen molar-refractivity contribution in [2.45, 2.75) is 31.5 Å². The average molecular weight is 422 g/mol. The first-order chi connectivity index (χ1) is 14.2. The largest absolute Gasteiger partial charge is 0.468 e. The van der Waals surface area contributed by atoms with Crippen molar-refractivity contribution in [3.63, 3.8) is 0 Å². The Hall–Kier alpha value is -3.17. The van der Waals surface area contributed by atoms with Crippen molar-refractivity contribution >= 4 is 16.9 Å². The van der Waals surface area contributed by atoms with Crippen molar-refractivity contribution in [2.24, 2.45) is 5.92 Å². The van der Waals surface area contributed by atoms with Crippen LogP contribution in [0.3, 0.4) is 0 Å². The molecule has 0 saturated heterocycles. The number of amides is 1. The van der Waals surface area contributed by atoms with Gasteiger partial charge >= 0.3 is 6.18 Å². The molecule has 4 rings (SSSR count). The first-order valence-corrected chi connectivity index (χ1v) is 9.30. The number of imidazole rings is 1. The average Bonchev–Trinajstić information content (AvgIpc) is 3.39. The SMILES string of the molecule is C[C@@H](NC(=O)[C@H]1C[C@@H]1c1nc2cc(F)ccc2[nH]1)c1ccc(OCC(F)(F)F)nc1. The Labute approximate surface area is 168 Å². The van der Waals surface area contributed by atoms with Crippen molar-refractivity contribution < 1.29 is 27.1 Å². The third-order valence-electron chi connectivity index (χ3n) is 4.94. The number of aromatic amines is 1. The van der Waals surface area contributed by atoms with Crippen LogP contribution in [-0.4, -0.2) is 33.6 Å². The normalized spacial score (nSPS) is 19.5. The van der Waals surface area contributed by atoms with Gasteiger partial charge < -0.3 is 15.0 Å². The quantitative estimate of drug-likeness (QED) is 0.588. The van der Waals surface area contributed by atoms with Gasteiger partial charge in [-0.15, -0.1) is 0 Å². The molecule has 1 fully saturated rings. The Bertz CT molecular complexity index is 1060. The third kappa shape index (κ3) is 4.52. The molecule has 3 atom stereocenters. The number of nitrogens with zero attached hydrogens (tertiary/aromatic N) is 2. The Kier molecular flexibility index (Phi) is 5.08. The predicted molar refractivity (Wildman–Crippen MR) is 99.2 cm³/mol. The van der Waals surface area contributed by atoms with E-state index < -0.39 is 12.8 Å². The zero-order valence-electron chi connectivity index (χ0n) is 15.8. The zero-order valence-corrected chi connectivity index (χ0v) is 15.8. The van der Waals surface area contributed by atoms with Gasteiger partial charge in [-0.1, -0.05) is 6.07 Å². The summed E-state index contributed by atoms with van der Waals surface area (Å²) in [6.45, 7) is 0.343. The van der Waals surface area contributed by atoms with E-state index >= 15 is 0 Å². The first kappa shape index (κ1) is 20.1. The second-order valence-electron chi connectivity index (χ2n) is 7.30. The van der Waals surface area contributed by atoms with Crippen molar-refractivity contribution in [2.75, 3.05) is 6.61 Å². The molecule has 0 unspecified atom stereocenters. The number of H-pyrrole nitrogens is 1. The summed E-state index contributed by atoms with van der Waals surface area (Å²) >= 11 is 0. The zero-order chi connectivity index (χ0) is 21.5. The lowest BCUT2D eigenvalue weighted by Gasteiger charge is -2.15. The van der Waals surface area contributed by atoms with E-state index in [0.29, 0.717) is 28.8 Å². The van der Waals surface area contributed by atoms with Crippen LogP contribution in [0.25, 0.3) is 11.0 Å². The summed E-state index contributed by atoms with van der Waals surface area (Å²) in [6, 6.07) is 6.79. The maximum absolute atomic E-state index is 13.3. The molecule has 1 amide bonds. The molecule has 158 valence electrons. The highest BCUT2D eigenvalue weighted by Crippen LogP contribution is 2.47. The van der Waals surface area contributed by atoms with Gasteiger partial charge in [-0.05, 0) is 31.0 Å². The molecule has 0 radical (unpaired) electrons. The second-order valence-corrected chi connectivity index (χ2v) is 7.30. The molecule has 30 heavy (non-hydrogen) atoms. The third-order valence-corrected chi connectivity index (χ3v) is 4.94. The number of halogens is 4. The van der Waals surface area contributed by atoms with Crippen LogP contribution < -0.4 is 10.1 Å². The number of pyridine rings is 1. The maximum atomic E-state index is 13.3. The Morgan fingerprint density at radius 2 is 2.13 bits per heavy atom. The summed E-state index contributed by atoms with van der Waals surface area (Å²) in [7, 11) is 0. The minimum Gasteiger partial charge on any atom is -0.468 e. The van der Waals surface area contributed by atoms with Crippen LogP contribution >= 0.6 is 0 Å². The van der Waals surface area contributed by atoms with Crippen molar-refractivity contribution in [3.8, 4) is 5.88 Å². The number of hydrogen-bond acceptors (Lipinski definition) is 4. The maximum Gasteiger partial charge on any atom is 0.422 e. The Balaban J connectivity index is 1.33. The molecule has 1 saturated carbocycles. The van der Waals surface area contributed by atoms with E-state index in [1.54, 1.807) is 19.1 Å². The molecule has 0 spiro atoms. The number of fused-ring (bicyclic) bond motifs is 1. The van der Waals surface area contributed by atoms with E-state index in [1.165, 1.54) is 24.4 Å². The highest BCUT2D eigenvalue weighted by atomic mass is 19.4. The lowest BCUT2D eigenvalue weighted by Crippen LogP contribution is -2.28. The van der Waals surface area contributed by atoms with Crippen LogP contribution in [0.5, 0.6) is 5.88 Å². The molecule has 1 aliphatic carbocycles. The minimum absolute atomic E-state index is 0.0658. The number of nitrogens with one attached hydrogen (secondary N) is 2. The van der Waals surface area contributed by atoms with Gasteiger partial charge in [0.2, 0.25) is 11.8 Å². The Morgan fingerprint density at radius 3 is 2.83 bits per heavy atom. The van der Waals surface area contributed by atoms with E-state index in [0.717, 1.165) is 0 Å². The highest BCUT2D eigenvalue weighted by Gasteiger charge is 2.46.